The minimum atomic E-state index is -2.22. The summed E-state index contributed by atoms with van der Waals surface area (Å²) in [5.41, 5.74) is -3.33. The van der Waals surface area contributed by atoms with E-state index in [1.54, 1.807) is 0 Å². The molecule has 0 bridgehead atoms. The molecule has 0 radical (unpaired) electrons. The maximum absolute atomic E-state index is 12.7. The number of aliphatic hydroxyl groups excluding tert-OH is 1. The molecular formula is C18H27NO7. The average molecular weight is 369 g/mol. The fraction of sp³-hybridized carbons (Fsp3) is 0.778. The normalized spacial score (nSPS) is 42.8. The van der Waals surface area contributed by atoms with Gasteiger partial charge < -0.3 is 24.8 Å². The van der Waals surface area contributed by atoms with Gasteiger partial charge in [-0.1, -0.05) is 13.0 Å². The van der Waals surface area contributed by atoms with Crippen LogP contribution in [0.5, 0.6) is 0 Å². The maximum Gasteiger partial charge on any atom is 0.341 e. The lowest BCUT2D eigenvalue weighted by molar-refractivity contribution is -0.193. The molecular weight excluding hydrogens is 342 g/mol. The predicted molar refractivity (Wildman–Crippen MR) is 89.9 cm³/mol. The number of esters is 2. The molecule has 0 aromatic carbocycles. The van der Waals surface area contributed by atoms with Crippen LogP contribution in [-0.4, -0.2) is 81.3 Å². The summed E-state index contributed by atoms with van der Waals surface area (Å²) in [5, 5.41) is 31.5. The van der Waals surface area contributed by atoms with E-state index in [1.807, 2.05) is 6.08 Å². The van der Waals surface area contributed by atoms with Crippen LogP contribution in [0.15, 0.2) is 11.6 Å². The summed E-state index contributed by atoms with van der Waals surface area (Å²) in [7, 11) is 0. The van der Waals surface area contributed by atoms with E-state index in [-0.39, 0.29) is 19.1 Å². The van der Waals surface area contributed by atoms with E-state index in [0.717, 1.165) is 12.1 Å². The summed E-state index contributed by atoms with van der Waals surface area (Å²) in [6, 6.07) is -0.216. The van der Waals surface area contributed by atoms with Gasteiger partial charge in [-0.05, 0) is 38.2 Å². The number of rotatable bonds is 1. The highest BCUT2D eigenvalue weighted by atomic mass is 16.6. The molecule has 3 heterocycles. The number of cyclic esters (lactones) is 1. The quantitative estimate of drug-likeness (QED) is 0.413. The molecule has 2 saturated heterocycles. The van der Waals surface area contributed by atoms with E-state index in [9.17, 15) is 24.9 Å². The first-order valence-corrected chi connectivity index (χ1v) is 9.01. The van der Waals surface area contributed by atoms with Gasteiger partial charge in [0.25, 0.3) is 0 Å². The van der Waals surface area contributed by atoms with Crippen molar-refractivity contribution >= 4 is 11.9 Å². The molecule has 0 aromatic rings. The van der Waals surface area contributed by atoms with Crippen molar-refractivity contribution in [2.24, 2.45) is 5.92 Å². The Kier molecular flexibility index (Phi) is 4.89. The number of ether oxygens (including phenoxy) is 2. The van der Waals surface area contributed by atoms with Crippen LogP contribution >= 0.6 is 0 Å². The molecule has 0 saturated carbocycles. The number of hydrogen-bond donors (Lipinski definition) is 3. The van der Waals surface area contributed by atoms with Crippen molar-refractivity contribution in [3.63, 3.8) is 0 Å². The van der Waals surface area contributed by atoms with Gasteiger partial charge in [-0.25, -0.2) is 9.59 Å². The molecule has 0 aliphatic carbocycles. The fourth-order valence-corrected chi connectivity index (χ4v) is 3.95. The molecule has 0 spiro atoms. The number of aliphatic hydroxyl groups is 3. The van der Waals surface area contributed by atoms with Gasteiger partial charge in [-0.15, -0.1) is 0 Å². The van der Waals surface area contributed by atoms with Gasteiger partial charge >= 0.3 is 11.9 Å². The van der Waals surface area contributed by atoms with Crippen molar-refractivity contribution in [2.45, 2.75) is 63.1 Å². The smallest absolute Gasteiger partial charge is 0.341 e. The van der Waals surface area contributed by atoms with E-state index in [0.29, 0.717) is 13.0 Å². The first kappa shape index (κ1) is 19.3. The van der Waals surface area contributed by atoms with Crippen molar-refractivity contribution in [1.82, 2.24) is 4.90 Å². The summed E-state index contributed by atoms with van der Waals surface area (Å²) in [4.78, 5) is 27.3. The van der Waals surface area contributed by atoms with Gasteiger partial charge in [0, 0.05) is 13.1 Å². The monoisotopic (exact) mass is 369 g/mol. The highest BCUT2D eigenvalue weighted by Crippen LogP contribution is 2.36. The summed E-state index contributed by atoms with van der Waals surface area (Å²) >= 11 is 0. The summed E-state index contributed by atoms with van der Waals surface area (Å²) in [6.45, 7) is 5.50. The molecule has 0 aromatic heterocycles. The van der Waals surface area contributed by atoms with Crippen molar-refractivity contribution < 1.29 is 34.4 Å². The van der Waals surface area contributed by atoms with Gasteiger partial charge in [0.15, 0.2) is 11.2 Å². The van der Waals surface area contributed by atoms with Crippen LogP contribution in [0.4, 0.5) is 0 Å². The molecule has 6 atom stereocenters. The molecule has 3 aliphatic heterocycles. The van der Waals surface area contributed by atoms with Crippen molar-refractivity contribution in [1.29, 1.82) is 0 Å². The number of hydrogen-bond acceptors (Lipinski definition) is 8. The van der Waals surface area contributed by atoms with Crippen LogP contribution in [0.1, 0.15) is 33.6 Å². The number of nitrogens with zero attached hydrogens (tertiary/aromatic N) is 1. The lowest BCUT2D eigenvalue weighted by Crippen LogP contribution is -2.56. The first-order valence-electron chi connectivity index (χ1n) is 9.01. The third-order valence-corrected chi connectivity index (χ3v) is 6.08. The molecule has 8 nitrogen and oxygen atoms in total. The largest absolute Gasteiger partial charge is 0.459 e. The molecule has 3 rings (SSSR count). The van der Waals surface area contributed by atoms with E-state index in [1.165, 1.54) is 20.8 Å². The zero-order chi connectivity index (χ0) is 19.3. The van der Waals surface area contributed by atoms with E-state index in [4.69, 9.17) is 9.47 Å². The second-order valence-electron chi connectivity index (χ2n) is 7.88. The Balaban J connectivity index is 1.97. The van der Waals surface area contributed by atoms with Crippen LogP contribution in [0.25, 0.3) is 0 Å². The number of carbonyl (C=O) groups is 2. The van der Waals surface area contributed by atoms with Crippen molar-refractivity contribution in [3.8, 4) is 0 Å². The summed E-state index contributed by atoms with van der Waals surface area (Å²) in [6.07, 6.45) is 0.293. The lowest BCUT2D eigenvalue weighted by Gasteiger charge is -2.37. The van der Waals surface area contributed by atoms with Gasteiger partial charge in [0.1, 0.15) is 12.7 Å². The highest BCUT2D eigenvalue weighted by Gasteiger charge is 2.52. The second kappa shape index (κ2) is 6.60. The van der Waals surface area contributed by atoms with E-state index >= 15 is 0 Å². The van der Waals surface area contributed by atoms with Crippen molar-refractivity contribution in [3.05, 3.63) is 11.6 Å². The van der Waals surface area contributed by atoms with Crippen LogP contribution in [0.3, 0.4) is 0 Å². The van der Waals surface area contributed by atoms with Crippen molar-refractivity contribution in [2.75, 3.05) is 19.7 Å². The summed E-state index contributed by atoms with van der Waals surface area (Å²) in [5.74, 6) is -2.60. The standard InChI is InChI=1S/C18H27NO7/c1-10-8-18(24,11(2)20)16(22)26-13-5-7-19-6-4-12(14(13)19)9-25-15(21)17(10,3)23/h4,10-11,13-14,20,23-24H,5-9H2,1-3H3. The maximum atomic E-state index is 12.7. The molecule has 26 heavy (non-hydrogen) atoms. The average Bonchev–Trinajstić information content (AvgIpc) is 3.14. The van der Waals surface area contributed by atoms with Gasteiger partial charge in [0.05, 0.1) is 12.1 Å². The Labute approximate surface area is 152 Å². The Hall–Kier alpha value is -1.48. The Morgan fingerprint density at radius 1 is 1.31 bits per heavy atom. The Bertz CT molecular complexity index is 629. The number of carbonyl (C=O) groups excluding carboxylic acids is 2. The van der Waals surface area contributed by atoms with Crippen LogP contribution < -0.4 is 0 Å². The summed E-state index contributed by atoms with van der Waals surface area (Å²) < 4.78 is 10.9. The molecule has 3 aliphatic rings. The third-order valence-electron chi connectivity index (χ3n) is 6.08. The minimum absolute atomic E-state index is 0.0254. The second-order valence-corrected chi connectivity index (χ2v) is 7.88. The molecule has 6 unspecified atom stereocenters. The highest BCUT2D eigenvalue weighted by molar-refractivity contribution is 5.82. The van der Waals surface area contributed by atoms with Gasteiger partial charge in [-0.3, -0.25) is 4.90 Å². The first-order chi connectivity index (χ1) is 12.1. The molecule has 2 fully saturated rings. The predicted octanol–water partition coefficient (Wildman–Crippen LogP) is -0.642. The van der Waals surface area contributed by atoms with E-state index < -0.39 is 41.3 Å². The SMILES string of the molecule is CC1CC(O)(C(C)O)C(=O)OC2CCN3CC=C(COC(=O)C1(C)O)C23. The van der Waals surface area contributed by atoms with Crippen LogP contribution in [-0.2, 0) is 19.1 Å². The zero-order valence-electron chi connectivity index (χ0n) is 15.3. The Morgan fingerprint density at radius 2 is 2.00 bits per heavy atom. The Morgan fingerprint density at radius 3 is 2.65 bits per heavy atom. The molecule has 8 heteroatoms. The lowest BCUT2D eigenvalue weighted by atomic mass is 9.79. The fourth-order valence-electron chi connectivity index (χ4n) is 3.95. The van der Waals surface area contributed by atoms with Crippen LogP contribution in [0, 0.1) is 5.92 Å². The molecule has 0 amide bonds. The third kappa shape index (κ3) is 3.05. The van der Waals surface area contributed by atoms with Crippen LogP contribution in [0.2, 0.25) is 0 Å². The zero-order valence-corrected chi connectivity index (χ0v) is 15.3. The van der Waals surface area contributed by atoms with E-state index in [2.05, 4.69) is 4.90 Å². The topological polar surface area (TPSA) is 117 Å². The molecule has 146 valence electrons. The van der Waals surface area contributed by atoms with Gasteiger partial charge in [-0.2, -0.15) is 0 Å². The van der Waals surface area contributed by atoms with Gasteiger partial charge in [0.2, 0.25) is 0 Å². The molecule has 3 N–H and O–H groups in total. The minimum Gasteiger partial charge on any atom is -0.459 e.